The number of amides is 1. The number of carbonyl (C=O) groups excluding carboxylic acids is 1. The van der Waals surface area contributed by atoms with Gasteiger partial charge in [-0.2, -0.15) is 5.26 Å². The summed E-state index contributed by atoms with van der Waals surface area (Å²) in [4.78, 5) is 15.2. The summed E-state index contributed by atoms with van der Waals surface area (Å²) in [5.74, 6) is 1.59. The van der Waals surface area contributed by atoms with Gasteiger partial charge in [0.25, 0.3) is 0 Å². The van der Waals surface area contributed by atoms with Gasteiger partial charge in [0, 0.05) is 18.0 Å². The summed E-state index contributed by atoms with van der Waals surface area (Å²) in [7, 11) is 0. The Labute approximate surface area is 150 Å². The summed E-state index contributed by atoms with van der Waals surface area (Å²) in [5.41, 5.74) is -0.695. The number of piperidine rings is 1. The molecule has 2 saturated heterocycles. The minimum Gasteiger partial charge on any atom is -0.389 e. The molecule has 0 radical (unpaired) electrons. The average molecular weight is 345 g/mol. The second-order valence-electron chi connectivity index (χ2n) is 9.25. The molecule has 4 fully saturated rings. The van der Waals surface area contributed by atoms with E-state index in [2.05, 4.69) is 32.2 Å². The van der Waals surface area contributed by atoms with Crippen molar-refractivity contribution < 1.29 is 9.90 Å². The van der Waals surface area contributed by atoms with Gasteiger partial charge in [0.15, 0.2) is 0 Å². The number of hydrogen-bond acceptors (Lipinski definition) is 4. The molecule has 2 aliphatic carbocycles. The van der Waals surface area contributed by atoms with Crippen LogP contribution < -0.4 is 5.32 Å². The molecule has 5 nitrogen and oxygen atoms in total. The van der Waals surface area contributed by atoms with Gasteiger partial charge in [0.2, 0.25) is 5.91 Å². The normalized spacial score (nSPS) is 51.4. The van der Waals surface area contributed by atoms with Crippen LogP contribution in [0.4, 0.5) is 0 Å². The molecule has 2 heterocycles. The molecule has 4 rings (SSSR count). The highest BCUT2D eigenvalue weighted by Gasteiger charge is 2.62. The number of rotatable bonds is 2. The van der Waals surface area contributed by atoms with Gasteiger partial charge in [-0.25, -0.2) is 0 Å². The van der Waals surface area contributed by atoms with E-state index in [4.69, 9.17) is 0 Å². The molecular formula is C20H31N3O2. The Morgan fingerprint density at radius 2 is 2.08 bits per heavy atom. The fourth-order valence-electron chi connectivity index (χ4n) is 5.74. The number of nitrogens with zero attached hydrogens (tertiary/aromatic N) is 2. The molecular weight excluding hydrogens is 314 g/mol. The van der Waals surface area contributed by atoms with Crippen LogP contribution in [-0.4, -0.2) is 45.7 Å². The fourth-order valence-corrected chi connectivity index (χ4v) is 5.74. The standard InChI is InChI=1S/C20H31N3O2/c1-4-13-5-11(2)8-20(25)9-16(20)18(22-12(13)3)19(24)23-15(10-21)6-14-7-17(14)23/h11-18,22,25H,4-9H2,1-3H3/t11-,12?,13-,14+,15-,16+,17-,18?,20?/m0/s1. The molecule has 0 aromatic rings. The summed E-state index contributed by atoms with van der Waals surface area (Å²) in [6, 6.07) is 2.24. The first kappa shape index (κ1) is 17.3. The van der Waals surface area contributed by atoms with Crippen molar-refractivity contribution in [3.8, 4) is 6.07 Å². The van der Waals surface area contributed by atoms with Crippen molar-refractivity contribution in [2.45, 2.75) is 89.1 Å². The number of fused-ring (bicyclic) bond motifs is 2. The van der Waals surface area contributed by atoms with Gasteiger partial charge in [0.05, 0.1) is 17.7 Å². The van der Waals surface area contributed by atoms with E-state index in [9.17, 15) is 15.2 Å². The lowest BCUT2D eigenvalue weighted by atomic mass is 9.86. The monoisotopic (exact) mass is 345 g/mol. The van der Waals surface area contributed by atoms with E-state index >= 15 is 0 Å². The molecule has 3 unspecified atom stereocenters. The van der Waals surface area contributed by atoms with Crippen LogP contribution in [0.25, 0.3) is 0 Å². The van der Waals surface area contributed by atoms with Crippen molar-refractivity contribution in [2.24, 2.45) is 23.7 Å². The number of aliphatic hydroxyl groups is 1. The first-order chi connectivity index (χ1) is 11.9. The largest absolute Gasteiger partial charge is 0.389 e. The highest BCUT2D eigenvalue weighted by Crippen LogP contribution is 2.54. The van der Waals surface area contributed by atoms with Crippen LogP contribution in [0.15, 0.2) is 0 Å². The van der Waals surface area contributed by atoms with Crippen molar-refractivity contribution in [1.29, 1.82) is 5.26 Å². The highest BCUT2D eigenvalue weighted by molar-refractivity contribution is 5.85. The predicted octanol–water partition coefficient (Wildman–Crippen LogP) is 2.05. The van der Waals surface area contributed by atoms with Gasteiger partial charge in [0.1, 0.15) is 6.04 Å². The zero-order valence-electron chi connectivity index (χ0n) is 15.6. The van der Waals surface area contributed by atoms with Gasteiger partial charge in [-0.15, -0.1) is 0 Å². The van der Waals surface area contributed by atoms with Crippen molar-refractivity contribution in [2.75, 3.05) is 0 Å². The average Bonchev–Trinajstić information content (AvgIpc) is 3.44. The third-order valence-corrected chi connectivity index (χ3v) is 7.36. The Morgan fingerprint density at radius 3 is 2.76 bits per heavy atom. The van der Waals surface area contributed by atoms with E-state index in [1.807, 2.05) is 4.90 Å². The number of nitrogens with one attached hydrogen (secondary N) is 1. The Bertz CT molecular complexity index is 602. The Hall–Kier alpha value is -1.12. The van der Waals surface area contributed by atoms with E-state index in [0.717, 1.165) is 32.1 Å². The lowest BCUT2D eigenvalue weighted by Gasteiger charge is -2.32. The number of hydrogen-bond donors (Lipinski definition) is 2. The quantitative estimate of drug-likeness (QED) is 0.803. The van der Waals surface area contributed by atoms with Crippen molar-refractivity contribution in [1.82, 2.24) is 10.2 Å². The lowest BCUT2D eigenvalue weighted by Crippen LogP contribution is -2.54. The molecule has 1 amide bonds. The highest BCUT2D eigenvalue weighted by atomic mass is 16.3. The molecule has 2 saturated carbocycles. The van der Waals surface area contributed by atoms with Crippen molar-refractivity contribution >= 4 is 5.91 Å². The second kappa shape index (κ2) is 5.96. The van der Waals surface area contributed by atoms with Gasteiger partial charge in [-0.1, -0.05) is 20.3 Å². The first-order valence-electron chi connectivity index (χ1n) is 10.1. The Morgan fingerprint density at radius 1 is 1.32 bits per heavy atom. The number of nitriles is 1. The van der Waals surface area contributed by atoms with Gasteiger partial charge in [-0.3, -0.25) is 4.79 Å². The molecule has 0 bridgehead atoms. The molecule has 138 valence electrons. The van der Waals surface area contributed by atoms with Crippen LogP contribution >= 0.6 is 0 Å². The van der Waals surface area contributed by atoms with Crippen LogP contribution in [0.5, 0.6) is 0 Å². The van der Waals surface area contributed by atoms with E-state index in [1.54, 1.807) is 0 Å². The molecule has 2 N–H and O–H groups in total. The molecule has 9 atom stereocenters. The van der Waals surface area contributed by atoms with Crippen LogP contribution in [0, 0.1) is 35.0 Å². The minimum absolute atomic E-state index is 0.00218. The minimum atomic E-state index is -0.695. The van der Waals surface area contributed by atoms with Crippen LogP contribution in [0.1, 0.15) is 59.3 Å². The first-order valence-corrected chi connectivity index (χ1v) is 10.1. The molecule has 5 heteroatoms. The molecule has 0 aromatic carbocycles. The van der Waals surface area contributed by atoms with Gasteiger partial charge >= 0.3 is 0 Å². The third-order valence-electron chi connectivity index (χ3n) is 7.36. The van der Waals surface area contributed by atoms with Crippen LogP contribution in [-0.2, 0) is 4.79 Å². The molecule has 0 spiro atoms. The molecule has 0 aromatic heterocycles. The second-order valence-corrected chi connectivity index (χ2v) is 9.25. The molecule has 25 heavy (non-hydrogen) atoms. The topological polar surface area (TPSA) is 76.4 Å². The van der Waals surface area contributed by atoms with E-state index in [-0.39, 0.29) is 36.0 Å². The van der Waals surface area contributed by atoms with Crippen molar-refractivity contribution in [3.05, 3.63) is 0 Å². The van der Waals surface area contributed by atoms with Crippen molar-refractivity contribution in [3.63, 3.8) is 0 Å². The summed E-state index contributed by atoms with van der Waals surface area (Å²) in [6.07, 6.45) is 5.56. The Balaban J connectivity index is 1.58. The smallest absolute Gasteiger partial charge is 0.241 e. The van der Waals surface area contributed by atoms with Crippen LogP contribution in [0.2, 0.25) is 0 Å². The maximum atomic E-state index is 13.4. The predicted molar refractivity (Wildman–Crippen MR) is 94.4 cm³/mol. The number of carbonyl (C=O) groups is 1. The zero-order valence-corrected chi connectivity index (χ0v) is 15.6. The Kier molecular flexibility index (Phi) is 4.12. The van der Waals surface area contributed by atoms with Gasteiger partial charge in [-0.05, 0) is 56.8 Å². The van der Waals surface area contributed by atoms with Gasteiger partial charge < -0.3 is 15.3 Å². The van der Waals surface area contributed by atoms with E-state index < -0.39 is 5.60 Å². The number of likely N-dealkylation sites (tertiary alicyclic amines) is 1. The molecule has 2 aliphatic heterocycles. The SMILES string of the molecule is CC[C@H]1C[C@H](C)CC2(O)C[C@@H]2C(C(=O)N2[C@H](C#N)C[C@@H]3C[C@@H]32)NC1C. The summed E-state index contributed by atoms with van der Waals surface area (Å²) < 4.78 is 0. The lowest BCUT2D eigenvalue weighted by molar-refractivity contribution is -0.136. The summed E-state index contributed by atoms with van der Waals surface area (Å²) in [6.45, 7) is 6.62. The van der Waals surface area contributed by atoms with E-state index in [0.29, 0.717) is 24.2 Å². The summed E-state index contributed by atoms with van der Waals surface area (Å²) >= 11 is 0. The maximum Gasteiger partial charge on any atom is 0.241 e. The molecule has 4 aliphatic rings. The zero-order chi connectivity index (χ0) is 17.9. The van der Waals surface area contributed by atoms with Crippen LogP contribution in [0.3, 0.4) is 0 Å². The fraction of sp³-hybridized carbons (Fsp3) is 0.900. The summed E-state index contributed by atoms with van der Waals surface area (Å²) in [5, 5.41) is 24.0. The third kappa shape index (κ3) is 2.88. The van der Waals surface area contributed by atoms with E-state index in [1.165, 1.54) is 0 Å². The maximum absolute atomic E-state index is 13.4.